The number of ether oxygens (including phenoxy) is 1. The maximum Gasteiger partial charge on any atom is 0.406 e. The lowest BCUT2D eigenvalue weighted by Crippen LogP contribution is -2.53. The van der Waals surface area contributed by atoms with Crippen molar-refractivity contribution >= 4 is 12.0 Å². The standard InChI is InChI=1S/C12H19F3N2O4/c1-7(2)17(6-12(13,14)15)11(20)16(3)9-5-21-4-8(9)10(18)19/h7-9H,4-6H2,1-3H3,(H,18,19). The average Bonchev–Trinajstić information content (AvgIpc) is 2.82. The van der Waals surface area contributed by atoms with Crippen LogP contribution in [-0.2, 0) is 9.53 Å². The first-order valence-corrected chi connectivity index (χ1v) is 6.45. The molecule has 2 atom stereocenters. The predicted molar refractivity (Wildman–Crippen MR) is 66.8 cm³/mol. The molecule has 0 radical (unpaired) electrons. The second-order valence-electron chi connectivity index (χ2n) is 5.28. The predicted octanol–water partition coefficient (Wildman–Crippen LogP) is 1.41. The molecule has 1 heterocycles. The molecule has 1 fully saturated rings. The van der Waals surface area contributed by atoms with Crippen molar-refractivity contribution in [3.63, 3.8) is 0 Å². The first-order valence-electron chi connectivity index (χ1n) is 6.45. The first-order chi connectivity index (χ1) is 9.54. The molecule has 9 heteroatoms. The second-order valence-corrected chi connectivity index (χ2v) is 5.28. The number of nitrogens with zero attached hydrogens (tertiary/aromatic N) is 2. The van der Waals surface area contributed by atoms with E-state index in [9.17, 15) is 22.8 Å². The summed E-state index contributed by atoms with van der Waals surface area (Å²) >= 11 is 0. The number of likely N-dealkylation sites (N-methyl/N-ethyl adjacent to an activating group) is 1. The average molecular weight is 312 g/mol. The van der Waals surface area contributed by atoms with E-state index in [1.165, 1.54) is 20.9 Å². The Morgan fingerprint density at radius 1 is 1.33 bits per heavy atom. The van der Waals surface area contributed by atoms with Gasteiger partial charge in [-0.15, -0.1) is 0 Å². The summed E-state index contributed by atoms with van der Waals surface area (Å²) in [6.45, 7) is 1.50. The maximum atomic E-state index is 12.5. The van der Waals surface area contributed by atoms with Gasteiger partial charge in [0.1, 0.15) is 12.5 Å². The van der Waals surface area contributed by atoms with Crippen molar-refractivity contribution in [3.05, 3.63) is 0 Å². The number of hydrogen-bond acceptors (Lipinski definition) is 3. The number of rotatable bonds is 4. The SMILES string of the molecule is CC(C)N(CC(F)(F)F)C(=O)N(C)C1COCC1C(=O)O. The van der Waals surface area contributed by atoms with E-state index >= 15 is 0 Å². The Balaban J connectivity index is 2.85. The van der Waals surface area contributed by atoms with Crippen LogP contribution in [0.2, 0.25) is 0 Å². The van der Waals surface area contributed by atoms with E-state index < -0.39 is 42.7 Å². The number of aliphatic carboxylic acids is 1. The minimum Gasteiger partial charge on any atom is -0.481 e. The van der Waals surface area contributed by atoms with Gasteiger partial charge < -0.3 is 19.6 Å². The van der Waals surface area contributed by atoms with Gasteiger partial charge in [0.05, 0.1) is 19.3 Å². The van der Waals surface area contributed by atoms with Gasteiger partial charge in [-0.05, 0) is 13.8 Å². The van der Waals surface area contributed by atoms with Crippen LogP contribution >= 0.6 is 0 Å². The number of halogens is 3. The van der Waals surface area contributed by atoms with Crippen LogP contribution in [0.15, 0.2) is 0 Å². The van der Waals surface area contributed by atoms with Crippen molar-refractivity contribution in [3.8, 4) is 0 Å². The van der Waals surface area contributed by atoms with E-state index in [-0.39, 0.29) is 13.2 Å². The fourth-order valence-corrected chi connectivity index (χ4v) is 2.17. The highest BCUT2D eigenvalue weighted by Gasteiger charge is 2.42. The van der Waals surface area contributed by atoms with E-state index in [0.29, 0.717) is 4.90 Å². The Morgan fingerprint density at radius 3 is 2.33 bits per heavy atom. The van der Waals surface area contributed by atoms with Crippen LogP contribution in [-0.4, -0.2) is 72.0 Å². The molecule has 1 saturated heterocycles. The van der Waals surface area contributed by atoms with Crippen molar-refractivity contribution in [2.75, 3.05) is 26.8 Å². The lowest BCUT2D eigenvalue weighted by Gasteiger charge is -2.35. The van der Waals surface area contributed by atoms with Crippen LogP contribution < -0.4 is 0 Å². The van der Waals surface area contributed by atoms with Crippen LogP contribution in [0.4, 0.5) is 18.0 Å². The van der Waals surface area contributed by atoms with Crippen molar-refractivity contribution in [1.29, 1.82) is 0 Å². The van der Waals surface area contributed by atoms with Gasteiger partial charge >= 0.3 is 18.2 Å². The van der Waals surface area contributed by atoms with Gasteiger partial charge in [0.2, 0.25) is 0 Å². The number of alkyl halides is 3. The number of urea groups is 1. The van der Waals surface area contributed by atoms with Crippen LogP contribution in [0.3, 0.4) is 0 Å². The molecule has 0 aromatic heterocycles. The van der Waals surface area contributed by atoms with Gasteiger partial charge in [-0.1, -0.05) is 0 Å². The minimum absolute atomic E-state index is 0.00282. The number of hydrogen-bond donors (Lipinski definition) is 1. The van der Waals surface area contributed by atoms with Crippen molar-refractivity contribution in [2.24, 2.45) is 5.92 Å². The molecular weight excluding hydrogens is 293 g/mol. The molecule has 6 nitrogen and oxygen atoms in total. The third-order valence-electron chi connectivity index (χ3n) is 3.39. The monoisotopic (exact) mass is 312 g/mol. The Bertz CT molecular complexity index is 400. The highest BCUT2D eigenvalue weighted by atomic mass is 19.4. The molecule has 0 saturated carbocycles. The van der Waals surface area contributed by atoms with E-state index in [0.717, 1.165) is 4.90 Å². The van der Waals surface area contributed by atoms with Crippen LogP contribution in [0.5, 0.6) is 0 Å². The highest BCUT2D eigenvalue weighted by Crippen LogP contribution is 2.23. The molecule has 1 N–H and O–H groups in total. The summed E-state index contributed by atoms with van der Waals surface area (Å²) in [4.78, 5) is 25.0. The third kappa shape index (κ3) is 4.48. The zero-order valence-corrected chi connectivity index (χ0v) is 12.1. The summed E-state index contributed by atoms with van der Waals surface area (Å²) in [5.74, 6) is -2.07. The van der Waals surface area contributed by atoms with Crippen LogP contribution in [0.25, 0.3) is 0 Å². The van der Waals surface area contributed by atoms with E-state index in [2.05, 4.69) is 0 Å². The molecule has 0 spiro atoms. The second kappa shape index (κ2) is 6.50. The number of amides is 2. The van der Waals surface area contributed by atoms with Gasteiger partial charge in [-0.3, -0.25) is 4.79 Å². The van der Waals surface area contributed by atoms with Gasteiger partial charge in [-0.2, -0.15) is 13.2 Å². The van der Waals surface area contributed by atoms with E-state index in [1.54, 1.807) is 0 Å². The summed E-state index contributed by atoms with van der Waals surface area (Å²) < 4.78 is 42.7. The Labute approximate surface area is 120 Å². The highest BCUT2D eigenvalue weighted by molar-refractivity contribution is 5.77. The first kappa shape index (κ1) is 17.5. The lowest BCUT2D eigenvalue weighted by atomic mass is 10.0. The summed E-state index contributed by atoms with van der Waals surface area (Å²) in [6.07, 6.45) is -4.51. The largest absolute Gasteiger partial charge is 0.481 e. The van der Waals surface area contributed by atoms with Gasteiger partial charge in [0.15, 0.2) is 0 Å². The zero-order valence-electron chi connectivity index (χ0n) is 12.1. The Kier molecular flexibility index (Phi) is 5.43. The van der Waals surface area contributed by atoms with Crippen molar-refractivity contribution < 1.29 is 32.6 Å². The van der Waals surface area contributed by atoms with E-state index in [4.69, 9.17) is 9.84 Å². The molecule has 1 aliphatic heterocycles. The molecule has 0 aromatic carbocycles. The van der Waals surface area contributed by atoms with Crippen LogP contribution in [0.1, 0.15) is 13.8 Å². The minimum atomic E-state index is -4.51. The van der Waals surface area contributed by atoms with E-state index in [1.807, 2.05) is 0 Å². The molecule has 0 aromatic rings. The van der Waals surface area contributed by atoms with Crippen LogP contribution in [0, 0.1) is 5.92 Å². The van der Waals surface area contributed by atoms with Crippen molar-refractivity contribution in [1.82, 2.24) is 9.80 Å². The molecule has 0 aliphatic carbocycles. The smallest absolute Gasteiger partial charge is 0.406 e. The topological polar surface area (TPSA) is 70.1 Å². The molecule has 0 bridgehead atoms. The summed E-state index contributed by atoms with van der Waals surface area (Å²) in [6, 6.07) is -2.29. The number of carbonyl (C=O) groups is 2. The van der Waals surface area contributed by atoms with Crippen molar-refractivity contribution in [2.45, 2.75) is 32.1 Å². The maximum absolute atomic E-state index is 12.5. The zero-order chi connectivity index (χ0) is 16.4. The molecule has 122 valence electrons. The quantitative estimate of drug-likeness (QED) is 0.852. The molecule has 21 heavy (non-hydrogen) atoms. The third-order valence-corrected chi connectivity index (χ3v) is 3.39. The van der Waals surface area contributed by atoms with Gasteiger partial charge in [0.25, 0.3) is 0 Å². The number of carboxylic acid groups (broad SMARTS) is 1. The van der Waals surface area contributed by atoms with Gasteiger partial charge in [0, 0.05) is 13.1 Å². The molecule has 1 rings (SSSR count). The summed E-state index contributed by atoms with van der Waals surface area (Å²) in [5, 5.41) is 9.04. The molecule has 1 aliphatic rings. The van der Waals surface area contributed by atoms with Gasteiger partial charge in [-0.25, -0.2) is 4.79 Å². The number of carbonyl (C=O) groups excluding carboxylic acids is 1. The molecule has 2 unspecified atom stereocenters. The normalized spacial score (nSPS) is 22.4. The summed E-state index contributed by atoms with van der Waals surface area (Å²) in [5.41, 5.74) is 0. The fraction of sp³-hybridized carbons (Fsp3) is 0.833. The molecular formula is C12H19F3N2O4. The Morgan fingerprint density at radius 2 is 1.90 bits per heavy atom. The fourth-order valence-electron chi connectivity index (χ4n) is 2.17. The Hall–Kier alpha value is -1.51. The summed E-state index contributed by atoms with van der Waals surface area (Å²) in [7, 11) is 1.30. The number of carboxylic acids is 1. The lowest BCUT2D eigenvalue weighted by molar-refractivity contribution is -0.146. The molecule has 2 amide bonds.